The number of Topliss-reactive ketones (excluding diaryl/α,β-unsaturated/α-hetero) is 1. The van der Waals surface area contributed by atoms with E-state index < -0.39 is 0 Å². The van der Waals surface area contributed by atoms with E-state index >= 15 is 0 Å². The van der Waals surface area contributed by atoms with Crippen molar-refractivity contribution in [3.63, 3.8) is 0 Å². The van der Waals surface area contributed by atoms with Gasteiger partial charge < -0.3 is 5.32 Å². The number of ketones is 1. The molecule has 1 heterocycles. The largest absolute Gasteiger partial charge is 0.314 e. The lowest BCUT2D eigenvalue weighted by atomic mass is 10.1. The molecule has 1 saturated carbocycles. The second-order valence-electron chi connectivity index (χ2n) is 4.02. The highest BCUT2D eigenvalue weighted by Crippen LogP contribution is 2.41. The molecule has 0 aromatic heterocycles. The Morgan fingerprint density at radius 2 is 2.33 bits per heavy atom. The van der Waals surface area contributed by atoms with Gasteiger partial charge in [-0.1, -0.05) is 0 Å². The van der Waals surface area contributed by atoms with Gasteiger partial charge in [-0.25, -0.2) is 0 Å². The maximum atomic E-state index is 11.0. The lowest BCUT2D eigenvalue weighted by Gasteiger charge is -2.35. The summed E-state index contributed by atoms with van der Waals surface area (Å²) in [6, 6.07) is 0. The van der Waals surface area contributed by atoms with E-state index in [-0.39, 0.29) is 0 Å². The average Bonchev–Trinajstić information content (AvgIpc) is 2.75. The Kier molecular flexibility index (Phi) is 1.93. The van der Waals surface area contributed by atoms with Crippen molar-refractivity contribution in [2.45, 2.75) is 25.3 Å². The standard InChI is InChI=1S/C9H16N2O/c1-8(12)6-11-5-4-10-7-9(11)2-3-9/h10H,2-7H2,1H3. The van der Waals surface area contributed by atoms with Crippen LogP contribution in [-0.2, 0) is 4.79 Å². The fourth-order valence-electron chi connectivity index (χ4n) is 2.04. The van der Waals surface area contributed by atoms with Crippen molar-refractivity contribution in [2.75, 3.05) is 26.2 Å². The SMILES string of the molecule is CC(=O)CN1CCNCC12CC2. The molecule has 0 aromatic rings. The molecule has 1 N–H and O–H groups in total. The number of nitrogens with zero attached hydrogens (tertiary/aromatic N) is 1. The first-order valence-electron chi connectivity index (χ1n) is 4.68. The van der Waals surface area contributed by atoms with Gasteiger partial charge in [0.15, 0.2) is 0 Å². The van der Waals surface area contributed by atoms with Gasteiger partial charge in [0.2, 0.25) is 0 Å². The van der Waals surface area contributed by atoms with E-state index in [4.69, 9.17) is 0 Å². The van der Waals surface area contributed by atoms with E-state index in [9.17, 15) is 4.79 Å². The van der Waals surface area contributed by atoms with Crippen LogP contribution >= 0.6 is 0 Å². The first kappa shape index (κ1) is 8.20. The van der Waals surface area contributed by atoms with E-state index in [0.29, 0.717) is 17.9 Å². The maximum Gasteiger partial charge on any atom is 0.143 e. The van der Waals surface area contributed by atoms with Crippen LogP contribution in [0.15, 0.2) is 0 Å². The monoisotopic (exact) mass is 168 g/mol. The summed E-state index contributed by atoms with van der Waals surface area (Å²) in [5.74, 6) is 0.295. The minimum Gasteiger partial charge on any atom is -0.314 e. The fraction of sp³-hybridized carbons (Fsp3) is 0.889. The molecule has 12 heavy (non-hydrogen) atoms. The number of rotatable bonds is 2. The summed E-state index contributed by atoms with van der Waals surface area (Å²) in [5, 5.41) is 3.39. The van der Waals surface area contributed by atoms with E-state index in [2.05, 4.69) is 10.2 Å². The highest BCUT2D eigenvalue weighted by atomic mass is 16.1. The van der Waals surface area contributed by atoms with Gasteiger partial charge in [0.25, 0.3) is 0 Å². The Balaban J connectivity index is 1.97. The third-order valence-corrected chi connectivity index (χ3v) is 2.92. The third-order valence-electron chi connectivity index (χ3n) is 2.92. The summed E-state index contributed by atoms with van der Waals surface area (Å²) >= 11 is 0. The summed E-state index contributed by atoms with van der Waals surface area (Å²) in [4.78, 5) is 13.3. The highest BCUT2D eigenvalue weighted by Gasteiger charge is 2.48. The summed E-state index contributed by atoms with van der Waals surface area (Å²) in [6.45, 7) is 5.49. The van der Waals surface area contributed by atoms with Gasteiger partial charge >= 0.3 is 0 Å². The van der Waals surface area contributed by atoms with Crippen LogP contribution in [0.25, 0.3) is 0 Å². The van der Waals surface area contributed by atoms with Crippen LogP contribution in [0.5, 0.6) is 0 Å². The second kappa shape index (κ2) is 2.82. The van der Waals surface area contributed by atoms with Crippen LogP contribution in [0.1, 0.15) is 19.8 Å². The topological polar surface area (TPSA) is 32.3 Å². The van der Waals surface area contributed by atoms with Crippen LogP contribution < -0.4 is 5.32 Å². The molecule has 0 unspecified atom stereocenters. The van der Waals surface area contributed by atoms with E-state index in [1.165, 1.54) is 12.8 Å². The molecule has 1 aliphatic carbocycles. The molecule has 1 spiro atoms. The van der Waals surface area contributed by atoms with Crippen molar-refractivity contribution < 1.29 is 4.79 Å². The fourth-order valence-corrected chi connectivity index (χ4v) is 2.04. The average molecular weight is 168 g/mol. The quantitative estimate of drug-likeness (QED) is 0.630. The molecular formula is C9H16N2O. The highest BCUT2D eigenvalue weighted by molar-refractivity contribution is 5.77. The normalized spacial score (nSPS) is 27.4. The molecule has 1 aliphatic heterocycles. The predicted octanol–water partition coefficient (Wildman–Crippen LogP) is 0.0132. The minimum absolute atomic E-state index is 0.295. The van der Waals surface area contributed by atoms with E-state index in [0.717, 1.165) is 19.6 Å². The van der Waals surface area contributed by atoms with Crippen LogP contribution in [0.4, 0.5) is 0 Å². The summed E-state index contributed by atoms with van der Waals surface area (Å²) in [5.41, 5.74) is 0.379. The number of carbonyl (C=O) groups excluding carboxylic acids is 1. The summed E-state index contributed by atoms with van der Waals surface area (Å²) in [6.07, 6.45) is 2.54. The van der Waals surface area contributed by atoms with Gasteiger partial charge in [0.05, 0.1) is 6.54 Å². The van der Waals surface area contributed by atoms with Gasteiger partial charge in [-0.2, -0.15) is 0 Å². The van der Waals surface area contributed by atoms with Crippen molar-refractivity contribution in [1.29, 1.82) is 0 Å². The molecule has 0 aromatic carbocycles. The zero-order valence-electron chi connectivity index (χ0n) is 7.60. The Morgan fingerprint density at radius 1 is 1.58 bits per heavy atom. The van der Waals surface area contributed by atoms with Crippen LogP contribution in [0, 0.1) is 0 Å². The molecule has 3 heteroatoms. The lowest BCUT2D eigenvalue weighted by Crippen LogP contribution is -2.54. The zero-order valence-corrected chi connectivity index (χ0v) is 7.60. The van der Waals surface area contributed by atoms with Gasteiger partial charge in [-0.15, -0.1) is 0 Å². The molecule has 2 fully saturated rings. The molecular weight excluding hydrogens is 152 g/mol. The Labute approximate surface area is 73.1 Å². The number of hydrogen-bond donors (Lipinski definition) is 1. The van der Waals surface area contributed by atoms with E-state index in [1.807, 2.05) is 0 Å². The van der Waals surface area contributed by atoms with Gasteiger partial charge in [0.1, 0.15) is 5.78 Å². The van der Waals surface area contributed by atoms with Crippen molar-refractivity contribution in [2.24, 2.45) is 0 Å². The van der Waals surface area contributed by atoms with Gasteiger partial charge in [-0.05, 0) is 19.8 Å². The van der Waals surface area contributed by atoms with Gasteiger partial charge in [-0.3, -0.25) is 9.69 Å². The Bertz CT molecular complexity index is 199. The van der Waals surface area contributed by atoms with E-state index in [1.54, 1.807) is 6.92 Å². The molecule has 0 atom stereocenters. The molecule has 0 bridgehead atoms. The summed E-state index contributed by atoms with van der Waals surface area (Å²) in [7, 11) is 0. The number of hydrogen-bond acceptors (Lipinski definition) is 3. The second-order valence-corrected chi connectivity index (χ2v) is 4.02. The molecule has 0 radical (unpaired) electrons. The molecule has 0 amide bonds. The van der Waals surface area contributed by atoms with Crippen molar-refractivity contribution in [3.05, 3.63) is 0 Å². The van der Waals surface area contributed by atoms with Crippen molar-refractivity contribution in [1.82, 2.24) is 10.2 Å². The Morgan fingerprint density at radius 3 is 2.92 bits per heavy atom. The zero-order chi connectivity index (χ0) is 8.60. The molecule has 2 aliphatic rings. The number of nitrogens with one attached hydrogen (secondary N) is 1. The number of piperazine rings is 1. The first-order valence-corrected chi connectivity index (χ1v) is 4.68. The van der Waals surface area contributed by atoms with Crippen LogP contribution in [-0.4, -0.2) is 42.4 Å². The van der Waals surface area contributed by atoms with Crippen LogP contribution in [0.2, 0.25) is 0 Å². The van der Waals surface area contributed by atoms with Gasteiger partial charge in [0, 0.05) is 25.2 Å². The third kappa shape index (κ3) is 1.39. The maximum absolute atomic E-state index is 11.0. The minimum atomic E-state index is 0.295. The predicted molar refractivity (Wildman–Crippen MR) is 47.1 cm³/mol. The summed E-state index contributed by atoms with van der Waals surface area (Å²) < 4.78 is 0. The van der Waals surface area contributed by atoms with Crippen molar-refractivity contribution in [3.8, 4) is 0 Å². The first-order chi connectivity index (χ1) is 5.73. The molecule has 2 rings (SSSR count). The molecule has 1 saturated heterocycles. The smallest absolute Gasteiger partial charge is 0.143 e. The molecule has 68 valence electrons. The Hall–Kier alpha value is -0.410. The van der Waals surface area contributed by atoms with Crippen molar-refractivity contribution >= 4 is 5.78 Å². The molecule has 3 nitrogen and oxygen atoms in total. The lowest BCUT2D eigenvalue weighted by molar-refractivity contribution is -0.119. The number of carbonyl (C=O) groups is 1. The van der Waals surface area contributed by atoms with Crippen LogP contribution in [0.3, 0.4) is 0 Å².